The predicted octanol–water partition coefficient (Wildman–Crippen LogP) is 5.32. The second-order valence-electron chi connectivity index (χ2n) is 5.62. The van der Waals surface area contributed by atoms with Crippen molar-refractivity contribution in [1.29, 1.82) is 0 Å². The lowest BCUT2D eigenvalue weighted by Crippen LogP contribution is -1.91. The Kier molecular flexibility index (Phi) is 3.19. The Morgan fingerprint density at radius 1 is 0.773 bits per heavy atom. The Bertz CT molecular complexity index is 816. The minimum Gasteiger partial charge on any atom is -0.494 e. The maximum absolute atomic E-state index is 5.54. The summed E-state index contributed by atoms with van der Waals surface area (Å²) in [6.45, 7) is 2.71. The van der Waals surface area contributed by atoms with Crippen LogP contribution in [0.1, 0.15) is 18.1 Å². The standard InChI is InChI=1S/C21H18O/c1-2-22-17-12-10-15(11-13-17)18-8-5-9-20-19-7-4-3-6-16(19)14-21(18)20/h3-13H,2,14H2,1H3. The fourth-order valence-electron chi connectivity index (χ4n) is 3.33. The SMILES string of the molecule is CCOc1ccc(-c2cccc3c2Cc2ccccc2-3)cc1. The van der Waals surface area contributed by atoms with Crippen LogP contribution in [0.25, 0.3) is 22.3 Å². The predicted molar refractivity (Wildman–Crippen MR) is 91.3 cm³/mol. The molecule has 0 N–H and O–H groups in total. The molecule has 0 atom stereocenters. The Morgan fingerprint density at radius 2 is 1.50 bits per heavy atom. The van der Waals surface area contributed by atoms with E-state index in [1.165, 1.54) is 33.4 Å². The van der Waals surface area contributed by atoms with Crippen molar-refractivity contribution in [2.45, 2.75) is 13.3 Å². The monoisotopic (exact) mass is 286 g/mol. The first kappa shape index (κ1) is 13.1. The Hall–Kier alpha value is -2.54. The van der Waals surface area contributed by atoms with E-state index in [0.717, 1.165) is 12.2 Å². The summed E-state index contributed by atoms with van der Waals surface area (Å²) in [5, 5.41) is 0. The molecule has 0 saturated carbocycles. The van der Waals surface area contributed by atoms with Crippen molar-refractivity contribution in [3.63, 3.8) is 0 Å². The van der Waals surface area contributed by atoms with E-state index in [9.17, 15) is 0 Å². The van der Waals surface area contributed by atoms with E-state index in [2.05, 4.69) is 66.7 Å². The molecule has 0 spiro atoms. The van der Waals surface area contributed by atoms with Crippen LogP contribution in [0.4, 0.5) is 0 Å². The van der Waals surface area contributed by atoms with E-state index in [1.54, 1.807) is 0 Å². The Balaban J connectivity index is 1.79. The molecule has 22 heavy (non-hydrogen) atoms. The Labute approximate surface area is 131 Å². The fourth-order valence-corrected chi connectivity index (χ4v) is 3.33. The molecule has 0 radical (unpaired) electrons. The number of hydrogen-bond acceptors (Lipinski definition) is 1. The van der Waals surface area contributed by atoms with Crippen LogP contribution in [0.5, 0.6) is 5.75 Å². The highest BCUT2D eigenvalue weighted by molar-refractivity contribution is 5.84. The maximum atomic E-state index is 5.54. The van der Waals surface area contributed by atoms with Gasteiger partial charge in [-0.3, -0.25) is 0 Å². The van der Waals surface area contributed by atoms with Gasteiger partial charge in [-0.2, -0.15) is 0 Å². The van der Waals surface area contributed by atoms with Crippen LogP contribution in [0.2, 0.25) is 0 Å². The first-order valence-electron chi connectivity index (χ1n) is 7.80. The van der Waals surface area contributed by atoms with Gasteiger partial charge in [0, 0.05) is 0 Å². The van der Waals surface area contributed by atoms with Gasteiger partial charge in [-0.05, 0) is 58.9 Å². The van der Waals surface area contributed by atoms with Crippen molar-refractivity contribution in [1.82, 2.24) is 0 Å². The second kappa shape index (κ2) is 5.34. The molecule has 0 heterocycles. The van der Waals surface area contributed by atoms with Gasteiger partial charge >= 0.3 is 0 Å². The summed E-state index contributed by atoms with van der Waals surface area (Å²) in [5.41, 5.74) is 8.21. The molecule has 0 saturated heterocycles. The summed E-state index contributed by atoms with van der Waals surface area (Å²) >= 11 is 0. The van der Waals surface area contributed by atoms with E-state index >= 15 is 0 Å². The molecule has 108 valence electrons. The third-order valence-corrected chi connectivity index (χ3v) is 4.33. The third-order valence-electron chi connectivity index (χ3n) is 4.33. The molecular formula is C21H18O. The molecule has 3 aromatic rings. The van der Waals surface area contributed by atoms with Crippen LogP contribution in [0, 0.1) is 0 Å². The van der Waals surface area contributed by atoms with E-state index in [1.807, 2.05) is 6.92 Å². The minimum absolute atomic E-state index is 0.704. The van der Waals surface area contributed by atoms with Crippen LogP contribution in [0.15, 0.2) is 66.7 Å². The Morgan fingerprint density at radius 3 is 2.32 bits per heavy atom. The molecular weight excluding hydrogens is 268 g/mol. The molecule has 1 heteroatoms. The molecule has 0 amide bonds. The molecule has 1 aliphatic rings. The summed E-state index contributed by atoms with van der Waals surface area (Å²) in [4.78, 5) is 0. The summed E-state index contributed by atoms with van der Waals surface area (Å²) in [6, 6.07) is 23.7. The molecule has 0 bridgehead atoms. The number of hydrogen-bond donors (Lipinski definition) is 0. The lowest BCUT2D eigenvalue weighted by atomic mass is 9.96. The van der Waals surface area contributed by atoms with Crippen LogP contribution in [-0.4, -0.2) is 6.61 Å². The summed E-state index contributed by atoms with van der Waals surface area (Å²) in [7, 11) is 0. The van der Waals surface area contributed by atoms with Crippen LogP contribution in [0.3, 0.4) is 0 Å². The van der Waals surface area contributed by atoms with Gasteiger partial charge in [0.25, 0.3) is 0 Å². The van der Waals surface area contributed by atoms with Crippen molar-refractivity contribution >= 4 is 0 Å². The first-order valence-corrected chi connectivity index (χ1v) is 7.80. The van der Waals surface area contributed by atoms with Gasteiger partial charge in [0.15, 0.2) is 0 Å². The highest BCUT2D eigenvalue weighted by atomic mass is 16.5. The zero-order valence-corrected chi connectivity index (χ0v) is 12.7. The van der Waals surface area contributed by atoms with Crippen molar-refractivity contribution in [3.05, 3.63) is 77.9 Å². The molecule has 0 aliphatic heterocycles. The van der Waals surface area contributed by atoms with Crippen molar-refractivity contribution in [2.24, 2.45) is 0 Å². The van der Waals surface area contributed by atoms with Gasteiger partial charge in [-0.1, -0.05) is 54.6 Å². The lowest BCUT2D eigenvalue weighted by molar-refractivity contribution is 0.340. The lowest BCUT2D eigenvalue weighted by Gasteiger charge is -2.10. The number of ether oxygens (including phenoxy) is 1. The summed E-state index contributed by atoms with van der Waals surface area (Å²) in [6.07, 6.45) is 1.02. The van der Waals surface area contributed by atoms with Crippen molar-refractivity contribution < 1.29 is 4.74 Å². The molecule has 1 aliphatic carbocycles. The number of rotatable bonds is 3. The van der Waals surface area contributed by atoms with E-state index in [4.69, 9.17) is 4.74 Å². The van der Waals surface area contributed by atoms with E-state index < -0.39 is 0 Å². The fraction of sp³-hybridized carbons (Fsp3) is 0.143. The van der Waals surface area contributed by atoms with Gasteiger partial charge < -0.3 is 4.74 Å². The second-order valence-corrected chi connectivity index (χ2v) is 5.62. The highest BCUT2D eigenvalue weighted by Crippen LogP contribution is 2.41. The van der Waals surface area contributed by atoms with Gasteiger partial charge in [0.05, 0.1) is 6.61 Å². The highest BCUT2D eigenvalue weighted by Gasteiger charge is 2.20. The van der Waals surface area contributed by atoms with Crippen LogP contribution >= 0.6 is 0 Å². The smallest absolute Gasteiger partial charge is 0.119 e. The van der Waals surface area contributed by atoms with E-state index in [-0.39, 0.29) is 0 Å². The van der Waals surface area contributed by atoms with E-state index in [0.29, 0.717) is 6.61 Å². The molecule has 0 aromatic heterocycles. The molecule has 3 aromatic carbocycles. The summed E-state index contributed by atoms with van der Waals surface area (Å²) < 4.78 is 5.54. The molecule has 1 nitrogen and oxygen atoms in total. The zero-order valence-electron chi connectivity index (χ0n) is 12.7. The van der Waals surface area contributed by atoms with Crippen molar-refractivity contribution in [3.8, 4) is 28.0 Å². The van der Waals surface area contributed by atoms with Gasteiger partial charge in [-0.15, -0.1) is 0 Å². The van der Waals surface area contributed by atoms with Crippen molar-refractivity contribution in [2.75, 3.05) is 6.61 Å². The average molecular weight is 286 g/mol. The van der Waals surface area contributed by atoms with Gasteiger partial charge in [-0.25, -0.2) is 0 Å². The molecule has 0 unspecified atom stereocenters. The number of benzene rings is 3. The third kappa shape index (κ3) is 2.10. The van der Waals surface area contributed by atoms with Crippen LogP contribution < -0.4 is 4.74 Å². The van der Waals surface area contributed by atoms with Gasteiger partial charge in [0.1, 0.15) is 5.75 Å². The molecule has 0 fully saturated rings. The summed E-state index contributed by atoms with van der Waals surface area (Å²) in [5.74, 6) is 0.933. The zero-order chi connectivity index (χ0) is 14.9. The topological polar surface area (TPSA) is 9.23 Å². The first-order chi connectivity index (χ1) is 10.9. The number of fused-ring (bicyclic) bond motifs is 3. The minimum atomic E-state index is 0.704. The maximum Gasteiger partial charge on any atom is 0.119 e. The quantitative estimate of drug-likeness (QED) is 0.495. The average Bonchev–Trinajstić information content (AvgIpc) is 2.95. The molecule has 4 rings (SSSR count). The van der Waals surface area contributed by atoms with Crippen LogP contribution in [-0.2, 0) is 6.42 Å². The largest absolute Gasteiger partial charge is 0.494 e. The van der Waals surface area contributed by atoms with Gasteiger partial charge in [0.2, 0.25) is 0 Å². The normalized spacial score (nSPS) is 11.9.